The van der Waals surface area contributed by atoms with Gasteiger partial charge < -0.3 is 0 Å². The number of nitrogens with zero attached hydrogens (tertiary/aromatic N) is 3. The van der Waals surface area contributed by atoms with E-state index < -0.39 is 0 Å². The first-order chi connectivity index (χ1) is 15.3. The van der Waals surface area contributed by atoms with Crippen LogP contribution in [0.4, 0.5) is 5.69 Å². The van der Waals surface area contributed by atoms with E-state index in [1.54, 1.807) is 0 Å². The van der Waals surface area contributed by atoms with E-state index in [2.05, 4.69) is 103 Å². The summed E-state index contributed by atoms with van der Waals surface area (Å²) in [6.07, 6.45) is 0. The Morgan fingerprint density at radius 1 is 0.710 bits per heavy atom. The summed E-state index contributed by atoms with van der Waals surface area (Å²) in [5, 5.41) is 5.95. The molecule has 0 unspecified atom stereocenters. The molecule has 0 aliphatic rings. The van der Waals surface area contributed by atoms with Crippen LogP contribution in [0.3, 0.4) is 0 Å². The molecule has 3 heteroatoms. The van der Waals surface area contributed by atoms with Gasteiger partial charge in [0.1, 0.15) is 0 Å². The van der Waals surface area contributed by atoms with Crippen molar-refractivity contribution in [2.75, 3.05) is 0 Å². The topological polar surface area (TPSA) is 30.2 Å². The van der Waals surface area contributed by atoms with Crippen LogP contribution >= 0.6 is 0 Å². The van der Waals surface area contributed by atoms with Crippen molar-refractivity contribution >= 4 is 22.3 Å². The van der Waals surface area contributed by atoms with Gasteiger partial charge in [-0.2, -0.15) is 5.10 Å². The highest BCUT2D eigenvalue weighted by Crippen LogP contribution is 2.31. The lowest BCUT2D eigenvalue weighted by Gasteiger charge is -2.09. The zero-order valence-corrected chi connectivity index (χ0v) is 17.4. The Labute approximate surface area is 182 Å². The maximum Gasteiger partial charge on any atom is 0.0781 e. The van der Waals surface area contributed by atoms with Gasteiger partial charge in [0.2, 0.25) is 0 Å². The van der Waals surface area contributed by atoms with E-state index in [1.165, 1.54) is 5.56 Å². The minimum absolute atomic E-state index is 0.739. The fourth-order valence-corrected chi connectivity index (χ4v) is 3.98. The van der Waals surface area contributed by atoms with Crippen molar-refractivity contribution < 1.29 is 0 Å². The number of rotatable bonds is 5. The highest BCUT2D eigenvalue weighted by molar-refractivity contribution is 6.15. The second-order valence-electron chi connectivity index (χ2n) is 7.59. The van der Waals surface area contributed by atoms with Gasteiger partial charge in [-0.3, -0.25) is 4.68 Å². The lowest BCUT2D eigenvalue weighted by atomic mass is 10.0. The van der Waals surface area contributed by atoms with Gasteiger partial charge >= 0.3 is 0 Å². The first kappa shape index (κ1) is 19.0. The van der Waals surface area contributed by atoms with E-state index in [0.29, 0.717) is 0 Å². The lowest BCUT2D eigenvalue weighted by molar-refractivity contribution is 0.703. The minimum atomic E-state index is 0.739. The van der Waals surface area contributed by atoms with Gasteiger partial charge in [-0.1, -0.05) is 97.1 Å². The van der Waals surface area contributed by atoms with Crippen molar-refractivity contribution in [1.82, 2.24) is 9.78 Å². The molecule has 0 N–H and O–H groups in total. The molecule has 5 aromatic rings. The molecule has 0 fully saturated rings. The first-order valence-electron chi connectivity index (χ1n) is 10.5. The Morgan fingerprint density at radius 3 is 1.90 bits per heavy atom. The van der Waals surface area contributed by atoms with Gasteiger partial charge in [0.15, 0.2) is 0 Å². The average Bonchev–Trinajstić information content (AvgIpc) is 3.15. The molecule has 1 heterocycles. The summed E-state index contributed by atoms with van der Waals surface area (Å²) >= 11 is 0. The third kappa shape index (κ3) is 3.90. The van der Waals surface area contributed by atoms with Gasteiger partial charge in [0.05, 0.1) is 29.2 Å². The van der Waals surface area contributed by atoms with E-state index >= 15 is 0 Å². The van der Waals surface area contributed by atoms with Gasteiger partial charge in [-0.25, -0.2) is 4.99 Å². The molecule has 5 rings (SSSR count). The maximum absolute atomic E-state index is 5.17. The number of fused-ring (bicyclic) bond motifs is 1. The third-order valence-electron chi connectivity index (χ3n) is 5.43. The molecule has 150 valence electrons. The third-order valence-corrected chi connectivity index (χ3v) is 5.43. The number of hydrogen-bond acceptors (Lipinski definition) is 2. The number of aromatic nitrogens is 2. The maximum atomic E-state index is 5.17. The summed E-state index contributed by atoms with van der Waals surface area (Å²) in [5.41, 5.74) is 7.42. The molecular formula is C28H23N3. The zero-order chi connectivity index (χ0) is 21.0. The summed E-state index contributed by atoms with van der Waals surface area (Å²) in [6, 6.07) is 37.4. The van der Waals surface area contributed by atoms with Crippen LogP contribution in [0.15, 0.2) is 114 Å². The van der Waals surface area contributed by atoms with Crippen LogP contribution in [0.25, 0.3) is 10.9 Å². The summed E-state index contributed by atoms with van der Waals surface area (Å²) in [5.74, 6) is 0. The normalized spacial score (nSPS) is 10.9. The monoisotopic (exact) mass is 401 g/mol. The van der Waals surface area contributed by atoms with Crippen molar-refractivity contribution in [3.05, 3.63) is 132 Å². The Bertz CT molecular complexity index is 1290. The predicted molar refractivity (Wildman–Crippen MR) is 128 cm³/mol. The molecule has 0 aliphatic heterocycles. The Balaban J connectivity index is 1.66. The molecule has 0 saturated carbocycles. The standard InChI is InChI=1S/C28H23N3/c1-21-27-25(18-11-19-26(27)31(30-21)20-22-12-5-2-6-13-22)29-28(23-14-7-3-8-15-23)24-16-9-4-10-17-24/h2-19H,20H2,1H3. The van der Waals surface area contributed by atoms with Gasteiger partial charge in [0.25, 0.3) is 0 Å². The molecule has 0 amide bonds. The molecule has 1 aromatic heterocycles. The molecule has 4 aromatic carbocycles. The number of aliphatic imine (C=N–C) groups is 1. The van der Waals surface area contributed by atoms with Crippen LogP contribution in [0.2, 0.25) is 0 Å². The highest BCUT2D eigenvalue weighted by atomic mass is 15.3. The van der Waals surface area contributed by atoms with Crippen LogP contribution in [0.1, 0.15) is 22.4 Å². The van der Waals surface area contributed by atoms with Crippen molar-refractivity contribution in [3.63, 3.8) is 0 Å². The molecule has 3 nitrogen and oxygen atoms in total. The largest absolute Gasteiger partial charge is 0.260 e. The van der Waals surface area contributed by atoms with E-state index in [0.717, 1.165) is 45.7 Å². The predicted octanol–water partition coefficient (Wildman–Crippen LogP) is 6.56. The fraction of sp³-hybridized carbons (Fsp3) is 0.0714. The number of hydrogen-bond donors (Lipinski definition) is 0. The summed E-state index contributed by atoms with van der Waals surface area (Å²) in [6.45, 7) is 2.80. The van der Waals surface area contributed by atoms with E-state index in [4.69, 9.17) is 10.1 Å². The van der Waals surface area contributed by atoms with Gasteiger partial charge in [-0.15, -0.1) is 0 Å². The van der Waals surface area contributed by atoms with E-state index in [9.17, 15) is 0 Å². The second-order valence-corrected chi connectivity index (χ2v) is 7.59. The first-order valence-corrected chi connectivity index (χ1v) is 10.5. The quantitative estimate of drug-likeness (QED) is 0.307. The molecule has 0 radical (unpaired) electrons. The summed E-state index contributed by atoms with van der Waals surface area (Å²) in [7, 11) is 0. The number of benzene rings is 4. The van der Waals surface area contributed by atoms with Crippen LogP contribution in [0, 0.1) is 6.92 Å². The molecule has 0 bridgehead atoms. The molecule has 0 spiro atoms. The van der Waals surface area contributed by atoms with Crippen molar-refractivity contribution in [2.24, 2.45) is 4.99 Å². The van der Waals surface area contributed by atoms with Gasteiger partial charge in [0, 0.05) is 16.5 Å². The summed E-state index contributed by atoms with van der Waals surface area (Å²) in [4.78, 5) is 5.17. The summed E-state index contributed by atoms with van der Waals surface area (Å²) < 4.78 is 2.07. The van der Waals surface area contributed by atoms with E-state index in [-0.39, 0.29) is 0 Å². The van der Waals surface area contributed by atoms with Crippen LogP contribution in [0.5, 0.6) is 0 Å². The highest BCUT2D eigenvalue weighted by Gasteiger charge is 2.13. The van der Waals surface area contributed by atoms with Crippen molar-refractivity contribution in [3.8, 4) is 0 Å². The van der Waals surface area contributed by atoms with Crippen molar-refractivity contribution in [1.29, 1.82) is 0 Å². The second kappa shape index (κ2) is 8.41. The smallest absolute Gasteiger partial charge is 0.0781 e. The average molecular weight is 402 g/mol. The SMILES string of the molecule is Cc1nn(Cc2ccccc2)c2cccc(N=C(c3ccccc3)c3ccccc3)c12. The van der Waals surface area contributed by atoms with Crippen LogP contribution in [-0.4, -0.2) is 15.5 Å². The Hall–Kier alpha value is -3.98. The Kier molecular flexibility index (Phi) is 5.16. The Morgan fingerprint density at radius 2 is 1.29 bits per heavy atom. The fourth-order valence-electron chi connectivity index (χ4n) is 3.98. The molecule has 31 heavy (non-hydrogen) atoms. The molecular weight excluding hydrogens is 378 g/mol. The molecule has 0 aliphatic carbocycles. The van der Waals surface area contributed by atoms with Crippen molar-refractivity contribution in [2.45, 2.75) is 13.5 Å². The molecule has 0 saturated heterocycles. The van der Waals surface area contributed by atoms with Gasteiger partial charge in [-0.05, 0) is 24.6 Å². The van der Waals surface area contributed by atoms with Crippen LogP contribution < -0.4 is 0 Å². The zero-order valence-electron chi connectivity index (χ0n) is 17.4. The lowest BCUT2D eigenvalue weighted by Crippen LogP contribution is -2.02. The minimum Gasteiger partial charge on any atom is -0.260 e. The van der Waals surface area contributed by atoms with Crippen LogP contribution in [-0.2, 0) is 6.54 Å². The number of aryl methyl sites for hydroxylation is 1. The van der Waals surface area contributed by atoms with E-state index in [1.807, 2.05) is 18.2 Å². The molecule has 0 atom stereocenters.